The second kappa shape index (κ2) is 5.65. The molecule has 2 N–H and O–H groups in total. The van der Waals surface area contributed by atoms with E-state index in [0.29, 0.717) is 6.42 Å². The monoisotopic (exact) mass is 234 g/mol. The van der Waals surface area contributed by atoms with Crippen LogP contribution < -0.4 is 0 Å². The predicted octanol–water partition coefficient (Wildman–Crippen LogP) is 2.68. The Balaban J connectivity index is 1.75. The van der Waals surface area contributed by atoms with E-state index in [1.807, 2.05) is 18.2 Å². The number of benzene rings is 1. The zero-order valence-corrected chi connectivity index (χ0v) is 10.3. The first-order chi connectivity index (χ1) is 8.21. The highest BCUT2D eigenvalue weighted by molar-refractivity contribution is 5.14. The lowest BCUT2D eigenvalue weighted by atomic mass is 9.90. The number of hydrogen-bond acceptors (Lipinski definition) is 2. The Labute approximate surface area is 103 Å². The molecule has 1 fully saturated rings. The van der Waals surface area contributed by atoms with Crippen LogP contribution in [0.1, 0.15) is 44.1 Å². The van der Waals surface area contributed by atoms with Gasteiger partial charge in [-0.25, -0.2) is 0 Å². The zero-order valence-electron chi connectivity index (χ0n) is 10.3. The van der Waals surface area contributed by atoms with E-state index in [0.717, 1.165) is 38.5 Å². The Bertz CT molecular complexity index is 328. The van der Waals surface area contributed by atoms with E-state index in [9.17, 15) is 10.2 Å². The van der Waals surface area contributed by atoms with Gasteiger partial charge in [-0.2, -0.15) is 0 Å². The first-order valence-electron chi connectivity index (χ1n) is 6.65. The third-order valence-corrected chi connectivity index (χ3v) is 3.88. The van der Waals surface area contributed by atoms with E-state index in [1.165, 1.54) is 5.56 Å². The van der Waals surface area contributed by atoms with E-state index >= 15 is 0 Å². The fourth-order valence-electron chi connectivity index (χ4n) is 2.73. The minimum atomic E-state index is -0.795. The third-order valence-electron chi connectivity index (χ3n) is 3.88. The lowest BCUT2D eigenvalue weighted by Crippen LogP contribution is -2.39. The summed E-state index contributed by atoms with van der Waals surface area (Å²) in [6.45, 7) is 0. The van der Waals surface area contributed by atoms with Gasteiger partial charge in [-0.05, 0) is 37.7 Å². The molecule has 0 aliphatic heterocycles. The summed E-state index contributed by atoms with van der Waals surface area (Å²) in [5.41, 5.74) is 0.509. The molecule has 2 rings (SSSR count). The van der Waals surface area contributed by atoms with E-state index in [4.69, 9.17) is 0 Å². The molecule has 0 heterocycles. The van der Waals surface area contributed by atoms with Crippen molar-refractivity contribution in [2.45, 2.75) is 56.7 Å². The largest absolute Gasteiger partial charge is 0.390 e. The molecule has 0 aromatic heterocycles. The molecule has 0 bridgehead atoms. The van der Waals surface area contributed by atoms with Crippen LogP contribution in [0.5, 0.6) is 0 Å². The molecule has 0 amide bonds. The van der Waals surface area contributed by atoms with Crippen molar-refractivity contribution in [2.24, 2.45) is 0 Å². The highest BCUT2D eigenvalue weighted by atomic mass is 16.3. The fourth-order valence-corrected chi connectivity index (χ4v) is 2.73. The van der Waals surface area contributed by atoms with Gasteiger partial charge in [0, 0.05) is 0 Å². The maximum Gasteiger partial charge on any atom is 0.0905 e. The number of aryl methyl sites for hydroxylation is 1. The SMILES string of the molecule is OC(CCCc1ccccc1)C1(O)CCCC1. The van der Waals surface area contributed by atoms with Crippen molar-refractivity contribution in [3.63, 3.8) is 0 Å². The van der Waals surface area contributed by atoms with Crippen molar-refractivity contribution < 1.29 is 10.2 Å². The second-order valence-electron chi connectivity index (χ2n) is 5.20. The van der Waals surface area contributed by atoms with Crippen molar-refractivity contribution in [1.29, 1.82) is 0 Å². The van der Waals surface area contributed by atoms with Gasteiger partial charge in [0.15, 0.2) is 0 Å². The first kappa shape index (κ1) is 12.6. The molecule has 1 atom stereocenters. The summed E-state index contributed by atoms with van der Waals surface area (Å²) in [6.07, 6.45) is 5.69. The molecule has 0 radical (unpaired) electrons. The van der Waals surface area contributed by atoms with Crippen LogP contribution in [0.4, 0.5) is 0 Å². The number of aliphatic hydroxyl groups excluding tert-OH is 1. The quantitative estimate of drug-likeness (QED) is 0.822. The molecule has 1 saturated carbocycles. The molecule has 2 heteroatoms. The van der Waals surface area contributed by atoms with Gasteiger partial charge < -0.3 is 10.2 Å². The van der Waals surface area contributed by atoms with E-state index in [-0.39, 0.29) is 0 Å². The Hall–Kier alpha value is -0.860. The fraction of sp³-hybridized carbons (Fsp3) is 0.600. The van der Waals surface area contributed by atoms with Gasteiger partial charge in [-0.15, -0.1) is 0 Å². The maximum atomic E-state index is 10.2. The van der Waals surface area contributed by atoms with E-state index in [1.54, 1.807) is 0 Å². The molecule has 1 aromatic rings. The zero-order chi connectivity index (χ0) is 12.1. The van der Waals surface area contributed by atoms with Crippen LogP contribution in [0.25, 0.3) is 0 Å². The van der Waals surface area contributed by atoms with Gasteiger partial charge in [-0.3, -0.25) is 0 Å². The molecule has 1 aliphatic carbocycles. The summed E-state index contributed by atoms with van der Waals surface area (Å²) in [7, 11) is 0. The lowest BCUT2D eigenvalue weighted by Gasteiger charge is -2.28. The van der Waals surface area contributed by atoms with Gasteiger partial charge in [0.1, 0.15) is 0 Å². The summed E-state index contributed by atoms with van der Waals surface area (Å²) < 4.78 is 0. The van der Waals surface area contributed by atoms with E-state index < -0.39 is 11.7 Å². The van der Waals surface area contributed by atoms with Crippen LogP contribution in [0, 0.1) is 0 Å². The molecule has 1 aromatic carbocycles. The summed E-state index contributed by atoms with van der Waals surface area (Å²) in [6, 6.07) is 10.3. The molecule has 0 saturated heterocycles. The summed E-state index contributed by atoms with van der Waals surface area (Å²) in [5, 5.41) is 20.2. The third kappa shape index (κ3) is 3.30. The van der Waals surface area contributed by atoms with Crippen LogP contribution in [0.15, 0.2) is 30.3 Å². The first-order valence-corrected chi connectivity index (χ1v) is 6.65. The number of hydrogen-bond donors (Lipinski definition) is 2. The average molecular weight is 234 g/mol. The maximum absolute atomic E-state index is 10.2. The van der Waals surface area contributed by atoms with Gasteiger partial charge in [0.2, 0.25) is 0 Å². The van der Waals surface area contributed by atoms with Crippen molar-refractivity contribution in [1.82, 2.24) is 0 Å². The van der Waals surface area contributed by atoms with Gasteiger partial charge in [-0.1, -0.05) is 43.2 Å². The molecular weight excluding hydrogens is 212 g/mol. The highest BCUT2D eigenvalue weighted by Crippen LogP contribution is 2.34. The van der Waals surface area contributed by atoms with Crippen LogP contribution >= 0.6 is 0 Å². The molecular formula is C15H22O2. The summed E-state index contributed by atoms with van der Waals surface area (Å²) in [4.78, 5) is 0. The van der Waals surface area contributed by atoms with Gasteiger partial charge in [0.05, 0.1) is 11.7 Å². The smallest absolute Gasteiger partial charge is 0.0905 e. The predicted molar refractivity (Wildman–Crippen MR) is 68.8 cm³/mol. The molecule has 17 heavy (non-hydrogen) atoms. The minimum absolute atomic E-state index is 0.547. The normalized spacial score (nSPS) is 20.4. The lowest BCUT2D eigenvalue weighted by molar-refractivity contribution is -0.0734. The Morgan fingerprint density at radius 3 is 2.41 bits per heavy atom. The summed E-state index contributed by atoms with van der Waals surface area (Å²) in [5.74, 6) is 0. The average Bonchev–Trinajstić information content (AvgIpc) is 2.79. The van der Waals surface area contributed by atoms with Crippen molar-refractivity contribution in [3.05, 3.63) is 35.9 Å². The highest BCUT2D eigenvalue weighted by Gasteiger charge is 2.37. The molecule has 1 unspecified atom stereocenters. The molecule has 0 spiro atoms. The minimum Gasteiger partial charge on any atom is -0.390 e. The van der Waals surface area contributed by atoms with E-state index in [2.05, 4.69) is 12.1 Å². The number of rotatable bonds is 5. The van der Waals surface area contributed by atoms with Crippen LogP contribution in [-0.2, 0) is 6.42 Å². The second-order valence-corrected chi connectivity index (χ2v) is 5.20. The van der Waals surface area contributed by atoms with Crippen LogP contribution in [-0.4, -0.2) is 21.9 Å². The van der Waals surface area contributed by atoms with Crippen LogP contribution in [0.2, 0.25) is 0 Å². The molecule has 94 valence electrons. The topological polar surface area (TPSA) is 40.5 Å². The molecule has 1 aliphatic rings. The standard InChI is InChI=1S/C15H22O2/c16-14(15(17)11-4-5-12-15)10-6-9-13-7-2-1-3-8-13/h1-3,7-8,14,16-17H,4-6,9-12H2. The van der Waals surface area contributed by atoms with Crippen LogP contribution in [0.3, 0.4) is 0 Å². The van der Waals surface area contributed by atoms with Crippen molar-refractivity contribution >= 4 is 0 Å². The summed E-state index contributed by atoms with van der Waals surface area (Å²) >= 11 is 0. The number of aliphatic hydroxyl groups is 2. The Morgan fingerprint density at radius 2 is 1.76 bits per heavy atom. The van der Waals surface area contributed by atoms with Gasteiger partial charge >= 0.3 is 0 Å². The Kier molecular flexibility index (Phi) is 4.19. The van der Waals surface area contributed by atoms with Crippen molar-refractivity contribution in [2.75, 3.05) is 0 Å². The van der Waals surface area contributed by atoms with Crippen molar-refractivity contribution in [3.8, 4) is 0 Å². The van der Waals surface area contributed by atoms with Gasteiger partial charge in [0.25, 0.3) is 0 Å². The Morgan fingerprint density at radius 1 is 1.12 bits per heavy atom. The molecule has 2 nitrogen and oxygen atoms in total.